The zero-order chi connectivity index (χ0) is 20.8. The van der Waals surface area contributed by atoms with Crippen LogP contribution in [0.25, 0.3) is 0 Å². The van der Waals surface area contributed by atoms with Crippen molar-refractivity contribution in [3.8, 4) is 11.6 Å². The molecule has 0 bridgehead atoms. The molecule has 0 atom stereocenters. The summed E-state index contributed by atoms with van der Waals surface area (Å²) in [6, 6.07) is 10.1. The van der Waals surface area contributed by atoms with Gasteiger partial charge in [-0.1, -0.05) is 0 Å². The second-order valence-electron chi connectivity index (χ2n) is 5.81. The molecule has 0 saturated carbocycles. The molecule has 0 unspecified atom stereocenters. The smallest absolute Gasteiger partial charge is 0.233 e. The standard InChI is InChI=1S/C19H15F2N5O3/c20-11-1-3-12(4-2-11)25-17(27)9-18(28)26-13-5-6-15(14(21)7-13)29-19-8-16(22)23-10-24-19/h1-8,10H,9H2,(H,25,27)(H,26,28)(H2,22,23,24). The molecule has 3 rings (SSSR count). The summed E-state index contributed by atoms with van der Waals surface area (Å²) in [6.07, 6.45) is 0.672. The van der Waals surface area contributed by atoms with Gasteiger partial charge in [-0.15, -0.1) is 0 Å². The predicted molar refractivity (Wildman–Crippen MR) is 101 cm³/mol. The number of aromatic nitrogens is 2. The van der Waals surface area contributed by atoms with Gasteiger partial charge in [0, 0.05) is 23.5 Å². The molecule has 29 heavy (non-hydrogen) atoms. The first-order valence-corrected chi connectivity index (χ1v) is 8.29. The second kappa shape index (κ2) is 8.74. The van der Waals surface area contributed by atoms with E-state index in [9.17, 15) is 18.4 Å². The molecule has 2 amide bonds. The average Bonchev–Trinajstić information content (AvgIpc) is 2.66. The highest BCUT2D eigenvalue weighted by Gasteiger charge is 2.13. The van der Waals surface area contributed by atoms with Crippen LogP contribution in [0.3, 0.4) is 0 Å². The van der Waals surface area contributed by atoms with Gasteiger partial charge in [0.15, 0.2) is 11.6 Å². The van der Waals surface area contributed by atoms with Crippen molar-refractivity contribution >= 4 is 29.0 Å². The molecule has 1 heterocycles. The Bertz CT molecular complexity index is 1040. The minimum atomic E-state index is -0.754. The number of benzene rings is 2. The van der Waals surface area contributed by atoms with E-state index < -0.39 is 29.9 Å². The molecule has 0 aliphatic heterocycles. The number of carbonyl (C=O) groups is 2. The number of hydrogen-bond donors (Lipinski definition) is 3. The summed E-state index contributed by atoms with van der Waals surface area (Å²) >= 11 is 0. The Kier molecular flexibility index (Phi) is 5.93. The fourth-order valence-corrected chi connectivity index (χ4v) is 2.27. The average molecular weight is 399 g/mol. The van der Waals surface area contributed by atoms with Crippen LogP contribution in [0.15, 0.2) is 54.9 Å². The number of amides is 2. The highest BCUT2D eigenvalue weighted by atomic mass is 19.1. The topological polar surface area (TPSA) is 119 Å². The Hall–Kier alpha value is -4.08. The molecule has 0 fully saturated rings. The number of ether oxygens (including phenoxy) is 1. The number of nitrogen functional groups attached to an aromatic ring is 1. The summed E-state index contributed by atoms with van der Waals surface area (Å²) in [6.45, 7) is 0. The van der Waals surface area contributed by atoms with Gasteiger partial charge in [-0.2, -0.15) is 0 Å². The van der Waals surface area contributed by atoms with Crippen molar-refractivity contribution in [1.82, 2.24) is 9.97 Å². The van der Waals surface area contributed by atoms with Crippen LogP contribution < -0.4 is 21.1 Å². The number of nitrogens with two attached hydrogens (primary N) is 1. The first-order chi connectivity index (χ1) is 13.9. The normalized spacial score (nSPS) is 10.3. The maximum atomic E-state index is 14.2. The summed E-state index contributed by atoms with van der Waals surface area (Å²) in [7, 11) is 0. The van der Waals surface area contributed by atoms with E-state index >= 15 is 0 Å². The van der Waals surface area contributed by atoms with Crippen LogP contribution in [0.1, 0.15) is 6.42 Å². The van der Waals surface area contributed by atoms with Gasteiger partial charge in [0.25, 0.3) is 0 Å². The molecule has 2 aromatic carbocycles. The van der Waals surface area contributed by atoms with Crippen molar-refractivity contribution in [2.75, 3.05) is 16.4 Å². The van der Waals surface area contributed by atoms with Gasteiger partial charge < -0.3 is 21.1 Å². The van der Waals surface area contributed by atoms with E-state index in [0.29, 0.717) is 5.69 Å². The third-order valence-electron chi connectivity index (χ3n) is 3.54. The van der Waals surface area contributed by atoms with Crippen molar-refractivity contribution in [1.29, 1.82) is 0 Å². The van der Waals surface area contributed by atoms with Crippen LogP contribution in [-0.4, -0.2) is 21.8 Å². The quantitative estimate of drug-likeness (QED) is 0.548. The van der Waals surface area contributed by atoms with Gasteiger partial charge in [-0.25, -0.2) is 18.7 Å². The molecule has 148 valence electrons. The van der Waals surface area contributed by atoms with E-state index in [4.69, 9.17) is 10.5 Å². The Labute approximate surface area is 163 Å². The number of nitrogens with one attached hydrogen (secondary N) is 2. The van der Waals surface area contributed by atoms with Gasteiger partial charge in [-0.05, 0) is 36.4 Å². The third kappa shape index (κ3) is 5.70. The SMILES string of the molecule is Nc1cc(Oc2ccc(NC(=O)CC(=O)Nc3ccc(F)cc3)cc2F)ncn1. The Morgan fingerprint density at radius 3 is 2.24 bits per heavy atom. The zero-order valence-corrected chi connectivity index (χ0v) is 14.9. The lowest BCUT2D eigenvalue weighted by Crippen LogP contribution is -2.21. The first-order valence-electron chi connectivity index (χ1n) is 8.29. The summed E-state index contributed by atoms with van der Waals surface area (Å²) in [5.41, 5.74) is 5.99. The molecule has 0 aliphatic carbocycles. The minimum Gasteiger partial charge on any atom is -0.436 e. The molecule has 0 spiro atoms. The van der Waals surface area contributed by atoms with E-state index in [1.54, 1.807) is 0 Å². The monoisotopic (exact) mass is 399 g/mol. The molecule has 0 aliphatic rings. The fourth-order valence-electron chi connectivity index (χ4n) is 2.27. The van der Waals surface area contributed by atoms with Crippen molar-refractivity contribution in [3.05, 3.63) is 66.5 Å². The Balaban J connectivity index is 1.56. The van der Waals surface area contributed by atoms with Crippen LogP contribution in [-0.2, 0) is 9.59 Å². The van der Waals surface area contributed by atoms with Crippen molar-refractivity contribution in [2.24, 2.45) is 0 Å². The van der Waals surface area contributed by atoms with E-state index in [1.807, 2.05) is 0 Å². The summed E-state index contributed by atoms with van der Waals surface area (Å²) in [5.74, 6) is -2.36. The van der Waals surface area contributed by atoms with Gasteiger partial charge >= 0.3 is 0 Å². The number of anilines is 3. The van der Waals surface area contributed by atoms with Crippen molar-refractivity contribution in [3.63, 3.8) is 0 Å². The van der Waals surface area contributed by atoms with Crippen LogP contribution in [0.2, 0.25) is 0 Å². The highest BCUT2D eigenvalue weighted by molar-refractivity contribution is 6.08. The predicted octanol–water partition coefficient (Wildman–Crippen LogP) is 3.10. The lowest BCUT2D eigenvalue weighted by atomic mass is 10.2. The first kappa shape index (κ1) is 19.7. The maximum Gasteiger partial charge on any atom is 0.233 e. The molecular weight excluding hydrogens is 384 g/mol. The van der Waals surface area contributed by atoms with Gasteiger partial charge in [-0.3, -0.25) is 9.59 Å². The molecule has 1 aromatic heterocycles. The fraction of sp³-hybridized carbons (Fsp3) is 0.0526. The van der Waals surface area contributed by atoms with Crippen LogP contribution in [0.5, 0.6) is 11.6 Å². The number of hydrogen-bond acceptors (Lipinski definition) is 6. The number of nitrogens with zero attached hydrogens (tertiary/aromatic N) is 2. The summed E-state index contributed by atoms with van der Waals surface area (Å²) < 4.78 is 32.3. The van der Waals surface area contributed by atoms with E-state index in [2.05, 4.69) is 20.6 Å². The van der Waals surface area contributed by atoms with Crippen LogP contribution >= 0.6 is 0 Å². The van der Waals surface area contributed by atoms with Crippen molar-refractivity contribution < 1.29 is 23.1 Å². The summed E-state index contributed by atoms with van der Waals surface area (Å²) in [5, 5.41) is 4.86. The lowest BCUT2D eigenvalue weighted by Gasteiger charge is -2.09. The zero-order valence-electron chi connectivity index (χ0n) is 14.9. The van der Waals surface area contributed by atoms with Crippen molar-refractivity contribution in [2.45, 2.75) is 6.42 Å². The largest absolute Gasteiger partial charge is 0.436 e. The van der Waals surface area contributed by atoms with Crippen LogP contribution in [0.4, 0.5) is 26.0 Å². The molecule has 0 saturated heterocycles. The van der Waals surface area contributed by atoms with Gasteiger partial charge in [0.2, 0.25) is 17.7 Å². The van der Waals surface area contributed by atoms with E-state index in [-0.39, 0.29) is 23.1 Å². The number of rotatable bonds is 6. The van der Waals surface area contributed by atoms with E-state index in [0.717, 1.165) is 6.07 Å². The van der Waals surface area contributed by atoms with Gasteiger partial charge in [0.05, 0.1) is 0 Å². The lowest BCUT2D eigenvalue weighted by molar-refractivity contribution is -0.123. The van der Waals surface area contributed by atoms with Crippen LogP contribution in [0, 0.1) is 11.6 Å². The number of carbonyl (C=O) groups excluding carboxylic acids is 2. The Morgan fingerprint density at radius 2 is 1.59 bits per heavy atom. The molecule has 3 aromatic rings. The minimum absolute atomic E-state index is 0.0608. The maximum absolute atomic E-state index is 14.2. The second-order valence-corrected chi connectivity index (χ2v) is 5.81. The van der Waals surface area contributed by atoms with E-state index in [1.165, 1.54) is 48.8 Å². The van der Waals surface area contributed by atoms with Gasteiger partial charge in [0.1, 0.15) is 24.4 Å². The molecule has 4 N–H and O–H groups in total. The summed E-state index contributed by atoms with van der Waals surface area (Å²) in [4.78, 5) is 31.3. The highest BCUT2D eigenvalue weighted by Crippen LogP contribution is 2.26. The molecule has 0 radical (unpaired) electrons. The molecule has 8 nitrogen and oxygen atoms in total. The third-order valence-corrected chi connectivity index (χ3v) is 3.54. The Morgan fingerprint density at radius 1 is 0.931 bits per heavy atom. The molecular formula is C19H15F2N5O3. The molecule has 10 heteroatoms. The number of halogens is 2.